The summed E-state index contributed by atoms with van der Waals surface area (Å²) in [6.45, 7) is 3.47. The van der Waals surface area contributed by atoms with Crippen LogP contribution in [-0.2, 0) is 16.1 Å². The van der Waals surface area contributed by atoms with E-state index in [1.54, 1.807) is 53.7 Å². The summed E-state index contributed by atoms with van der Waals surface area (Å²) in [5.74, 6) is -1.94. The first-order chi connectivity index (χ1) is 29.1. The summed E-state index contributed by atoms with van der Waals surface area (Å²) in [4.78, 5) is 75.3. The number of carbonyl (C=O) groups is 5. The lowest BCUT2D eigenvalue weighted by Crippen LogP contribution is -2.64. The summed E-state index contributed by atoms with van der Waals surface area (Å²) in [6.07, 6.45) is 0.614. The monoisotopic (exact) mass is 843 g/mol. The van der Waals surface area contributed by atoms with Gasteiger partial charge in [0.25, 0.3) is 17.7 Å². The number of amides is 5. The van der Waals surface area contributed by atoms with Crippen LogP contribution in [0.3, 0.4) is 0 Å². The van der Waals surface area contributed by atoms with E-state index in [0.717, 1.165) is 4.90 Å². The van der Waals surface area contributed by atoms with Crippen molar-refractivity contribution in [1.29, 1.82) is 0 Å². The van der Waals surface area contributed by atoms with Gasteiger partial charge in [-0.25, -0.2) is 9.50 Å². The van der Waals surface area contributed by atoms with Crippen LogP contribution in [0.15, 0.2) is 55.0 Å². The molecule has 6 heterocycles. The third kappa shape index (κ3) is 7.53. The zero-order valence-electron chi connectivity index (χ0n) is 33.4. The molecule has 2 unspecified atom stereocenters. The fourth-order valence-corrected chi connectivity index (χ4v) is 9.44. The molecule has 1 aliphatic carbocycles. The number of anilines is 2. The molecular weight excluding hydrogens is 800 g/mol. The standard InChI is InChI=1S/C42H44F3N9O7/c1-22(2)61-34-16-29-23(14-32(34)48-37(56)31-17-47-53-13-3-12-46-36(31)53)18-51(39(29)58)24-4-6-25(7-5-24)52(21-42(43,44)45)27-19-50(20-27)26-8-9-28-30(15-26)41(60)54(40(28)59)33-10-11-35(55)49-38(33)57/h3,8-9,12-17,22,24-25,27,33,41,60H,4-7,10-11,18-21H2,1-2H3,(H,48,56)(H,49,55,57). The van der Waals surface area contributed by atoms with Gasteiger partial charge in [0, 0.05) is 79.0 Å². The maximum absolute atomic E-state index is 14.1. The smallest absolute Gasteiger partial charge is 0.401 e. The Morgan fingerprint density at radius 1 is 1.02 bits per heavy atom. The Labute approximate surface area is 347 Å². The van der Waals surface area contributed by atoms with E-state index in [-0.39, 0.29) is 54.6 Å². The van der Waals surface area contributed by atoms with Gasteiger partial charge in [-0.1, -0.05) is 0 Å². The zero-order valence-corrected chi connectivity index (χ0v) is 33.4. The maximum atomic E-state index is 14.1. The van der Waals surface area contributed by atoms with Crippen molar-refractivity contribution in [1.82, 2.24) is 34.6 Å². The summed E-state index contributed by atoms with van der Waals surface area (Å²) >= 11 is 0. The first-order valence-electron chi connectivity index (χ1n) is 20.4. The van der Waals surface area contributed by atoms with Crippen LogP contribution >= 0.6 is 0 Å². The molecule has 0 radical (unpaired) electrons. The first kappa shape index (κ1) is 40.3. The number of piperidine rings is 1. The Bertz CT molecular complexity index is 2440. The third-order valence-electron chi connectivity index (χ3n) is 12.4. The minimum atomic E-state index is -4.44. The van der Waals surface area contributed by atoms with Gasteiger partial charge in [-0.2, -0.15) is 18.3 Å². The Kier molecular flexibility index (Phi) is 10.2. The molecule has 320 valence electrons. The van der Waals surface area contributed by atoms with Crippen molar-refractivity contribution < 1.29 is 47.0 Å². The van der Waals surface area contributed by atoms with E-state index in [1.165, 1.54) is 15.6 Å². The second-order valence-corrected chi connectivity index (χ2v) is 16.6. The first-order valence-corrected chi connectivity index (χ1v) is 20.4. The molecule has 1 saturated carbocycles. The molecule has 0 spiro atoms. The number of imide groups is 1. The molecule has 2 atom stereocenters. The number of hydrogen-bond acceptors (Lipinski definition) is 11. The largest absolute Gasteiger partial charge is 0.489 e. The van der Waals surface area contributed by atoms with Gasteiger partial charge in [0.05, 0.1) is 24.5 Å². The Hall–Kier alpha value is -6.08. The predicted molar refractivity (Wildman–Crippen MR) is 212 cm³/mol. The molecule has 19 heteroatoms. The average Bonchev–Trinajstić information content (AvgIpc) is 3.85. The molecule has 5 aliphatic rings. The van der Waals surface area contributed by atoms with Gasteiger partial charge in [0.1, 0.15) is 17.4 Å². The molecule has 4 aliphatic heterocycles. The molecule has 5 amide bonds. The molecule has 3 N–H and O–H groups in total. The van der Waals surface area contributed by atoms with Crippen molar-refractivity contribution in [3.8, 4) is 5.75 Å². The van der Waals surface area contributed by atoms with Crippen LogP contribution < -0.4 is 20.3 Å². The number of hydrogen-bond donors (Lipinski definition) is 3. The highest BCUT2D eigenvalue weighted by atomic mass is 19.4. The van der Waals surface area contributed by atoms with E-state index in [4.69, 9.17) is 4.74 Å². The van der Waals surface area contributed by atoms with Gasteiger partial charge >= 0.3 is 6.18 Å². The number of aliphatic hydroxyl groups excluding tert-OH is 1. The van der Waals surface area contributed by atoms with Gasteiger partial charge in [0.2, 0.25) is 11.8 Å². The fraction of sp³-hybridized carbons (Fsp3) is 0.452. The average molecular weight is 844 g/mol. The summed E-state index contributed by atoms with van der Waals surface area (Å²) < 4.78 is 49.9. The topological polar surface area (TPSA) is 182 Å². The molecule has 9 rings (SSSR count). The highest BCUT2D eigenvalue weighted by Gasteiger charge is 2.47. The van der Waals surface area contributed by atoms with E-state index in [0.29, 0.717) is 78.2 Å². The Balaban J connectivity index is 0.851. The van der Waals surface area contributed by atoms with Crippen molar-refractivity contribution in [2.24, 2.45) is 0 Å². The van der Waals surface area contributed by atoms with Crippen molar-refractivity contribution in [2.75, 3.05) is 29.9 Å². The van der Waals surface area contributed by atoms with Crippen LogP contribution in [0, 0.1) is 0 Å². The number of ether oxygens (including phenoxy) is 1. The van der Waals surface area contributed by atoms with Crippen molar-refractivity contribution in [3.63, 3.8) is 0 Å². The number of nitrogens with one attached hydrogen (secondary N) is 2. The predicted octanol–water partition coefficient (Wildman–Crippen LogP) is 4.04. The van der Waals surface area contributed by atoms with Crippen LogP contribution in [-0.4, -0.2) is 120 Å². The quantitative estimate of drug-likeness (QED) is 0.196. The maximum Gasteiger partial charge on any atom is 0.401 e. The van der Waals surface area contributed by atoms with Crippen molar-refractivity contribution in [3.05, 3.63) is 82.8 Å². The minimum Gasteiger partial charge on any atom is -0.489 e. The molecule has 61 heavy (non-hydrogen) atoms. The number of rotatable bonds is 10. The summed E-state index contributed by atoms with van der Waals surface area (Å²) in [5, 5.41) is 20.5. The molecular formula is C42H44F3N9O7. The SMILES string of the molecule is CC(C)Oc1cc2c(cc1NC(=O)c1cnn3cccnc13)CN(C1CCC(N(CC(F)(F)F)C3CN(c4ccc5c(c4)C(O)N(C4CCC(=O)NC4=O)C5=O)C3)CC1)C2=O. The van der Waals surface area contributed by atoms with Gasteiger partial charge < -0.3 is 25.0 Å². The molecule has 16 nitrogen and oxygen atoms in total. The lowest BCUT2D eigenvalue weighted by atomic mass is 9.87. The van der Waals surface area contributed by atoms with Gasteiger partial charge in [-0.05, 0) is 87.9 Å². The lowest BCUT2D eigenvalue weighted by Gasteiger charge is -2.51. The van der Waals surface area contributed by atoms with Crippen LogP contribution in [0.25, 0.3) is 5.65 Å². The van der Waals surface area contributed by atoms with Crippen LogP contribution in [0.4, 0.5) is 24.5 Å². The lowest BCUT2D eigenvalue weighted by molar-refractivity contribution is -0.160. The number of alkyl halides is 3. The molecule has 2 saturated heterocycles. The van der Waals surface area contributed by atoms with Gasteiger partial charge in [-0.3, -0.25) is 39.1 Å². The number of fused-ring (bicyclic) bond motifs is 3. The number of carbonyl (C=O) groups excluding carboxylic acids is 5. The summed E-state index contributed by atoms with van der Waals surface area (Å²) in [7, 11) is 0. The number of aromatic nitrogens is 3. The van der Waals surface area contributed by atoms with E-state index >= 15 is 0 Å². The molecule has 2 aromatic heterocycles. The van der Waals surface area contributed by atoms with Crippen LogP contribution in [0.2, 0.25) is 0 Å². The Morgan fingerprint density at radius 2 is 1.79 bits per heavy atom. The molecule has 2 aromatic carbocycles. The van der Waals surface area contributed by atoms with E-state index in [9.17, 15) is 42.3 Å². The number of aliphatic hydroxyl groups is 1. The highest BCUT2D eigenvalue weighted by molar-refractivity contribution is 6.09. The fourth-order valence-electron chi connectivity index (χ4n) is 9.44. The molecule has 0 bridgehead atoms. The van der Waals surface area contributed by atoms with E-state index in [2.05, 4.69) is 20.7 Å². The number of nitrogens with zero attached hydrogens (tertiary/aromatic N) is 7. The summed E-state index contributed by atoms with van der Waals surface area (Å²) in [5.41, 5.74) is 3.35. The van der Waals surface area contributed by atoms with Crippen LogP contribution in [0.5, 0.6) is 5.75 Å². The second-order valence-electron chi connectivity index (χ2n) is 16.6. The number of benzene rings is 2. The zero-order chi connectivity index (χ0) is 42.9. The molecule has 3 fully saturated rings. The summed E-state index contributed by atoms with van der Waals surface area (Å²) in [6, 6.07) is 7.99. The van der Waals surface area contributed by atoms with E-state index in [1.807, 2.05) is 18.7 Å². The Morgan fingerprint density at radius 3 is 2.51 bits per heavy atom. The highest BCUT2D eigenvalue weighted by Crippen LogP contribution is 2.41. The second kappa shape index (κ2) is 15.4. The third-order valence-corrected chi connectivity index (χ3v) is 12.4. The van der Waals surface area contributed by atoms with Gasteiger partial charge in [0.15, 0.2) is 11.9 Å². The van der Waals surface area contributed by atoms with Gasteiger partial charge in [-0.15, -0.1) is 0 Å². The van der Waals surface area contributed by atoms with Crippen molar-refractivity contribution >= 4 is 46.6 Å². The van der Waals surface area contributed by atoms with Crippen LogP contribution in [0.1, 0.15) is 101 Å². The number of halogens is 3. The molecule has 4 aromatic rings. The minimum absolute atomic E-state index is 0.0354. The van der Waals surface area contributed by atoms with Crippen molar-refractivity contribution in [2.45, 2.75) is 102 Å². The normalized spacial score (nSPS) is 23.2. The van der Waals surface area contributed by atoms with E-state index < -0.39 is 54.7 Å².